The predicted molar refractivity (Wildman–Crippen MR) is 84.8 cm³/mol. The number of nitrogens with one attached hydrogen (secondary N) is 1. The number of anilines is 1. The van der Waals surface area contributed by atoms with E-state index in [1.165, 1.54) is 5.56 Å². The van der Waals surface area contributed by atoms with E-state index in [1.54, 1.807) is 14.2 Å². The minimum Gasteiger partial charge on any atom is -0.383 e. The summed E-state index contributed by atoms with van der Waals surface area (Å²) in [6, 6.07) is 6.28. The Kier molecular flexibility index (Phi) is 7.92. The molecule has 1 aromatic rings. The van der Waals surface area contributed by atoms with Crippen LogP contribution in [0.4, 0.5) is 5.69 Å². The fourth-order valence-electron chi connectivity index (χ4n) is 2.00. The van der Waals surface area contributed by atoms with Crippen LogP contribution >= 0.6 is 11.6 Å². The molecule has 5 heteroatoms. The fraction of sp³-hybridized carbons (Fsp3) is 0.600. The van der Waals surface area contributed by atoms with Crippen LogP contribution in [0, 0.1) is 0 Å². The van der Waals surface area contributed by atoms with Crippen LogP contribution in [-0.2, 0) is 16.0 Å². The van der Waals surface area contributed by atoms with Gasteiger partial charge in [-0.05, 0) is 24.6 Å². The van der Waals surface area contributed by atoms with Gasteiger partial charge in [-0.25, -0.2) is 0 Å². The first kappa shape index (κ1) is 17.2. The minimum atomic E-state index is 0.288. The monoisotopic (exact) mass is 300 g/mol. The topological polar surface area (TPSA) is 33.7 Å². The summed E-state index contributed by atoms with van der Waals surface area (Å²) in [5.74, 6) is 0. The molecule has 0 aliphatic rings. The van der Waals surface area contributed by atoms with Crippen molar-refractivity contribution in [2.75, 3.05) is 45.9 Å². The summed E-state index contributed by atoms with van der Waals surface area (Å²) < 4.78 is 10.3. The highest BCUT2D eigenvalue weighted by atomic mass is 35.5. The van der Waals surface area contributed by atoms with E-state index in [2.05, 4.69) is 30.3 Å². The SMILES string of the molecule is COCCNCc1ccc(Cl)cc1N(C)C(C)COC. The van der Waals surface area contributed by atoms with Gasteiger partial charge in [-0.1, -0.05) is 17.7 Å². The molecule has 0 amide bonds. The normalized spacial score (nSPS) is 12.4. The number of nitrogens with zero attached hydrogens (tertiary/aromatic N) is 1. The van der Waals surface area contributed by atoms with Gasteiger partial charge in [0.2, 0.25) is 0 Å². The zero-order valence-corrected chi connectivity index (χ0v) is 13.5. The van der Waals surface area contributed by atoms with Crippen LogP contribution in [0.1, 0.15) is 12.5 Å². The number of hydrogen-bond acceptors (Lipinski definition) is 4. The van der Waals surface area contributed by atoms with Crippen molar-refractivity contribution < 1.29 is 9.47 Å². The summed E-state index contributed by atoms with van der Waals surface area (Å²) in [6.45, 7) is 5.14. The molecule has 0 heterocycles. The van der Waals surface area contributed by atoms with Gasteiger partial charge in [-0.3, -0.25) is 0 Å². The number of methoxy groups -OCH3 is 2. The van der Waals surface area contributed by atoms with Crippen molar-refractivity contribution in [3.63, 3.8) is 0 Å². The van der Waals surface area contributed by atoms with Crippen molar-refractivity contribution in [2.24, 2.45) is 0 Å². The third kappa shape index (κ3) is 5.29. The van der Waals surface area contributed by atoms with Crippen molar-refractivity contribution in [3.8, 4) is 0 Å². The Morgan fingerprint density at radius 3 is 2.70 bits per heavy atom. The number of rotatable bonds is 9. The van der Waals surface area contributed by atoms with E-state index in [-0.39, 0.29) is 6.04 Å². The number of halogens is 1. The molecule has 0 aliphatic heterocycles. The molecule has 1 N–H and O–H groups in total. The van der Waals surface area contributed by atoms with Crippen molar-refractivity contribution >= 4 is 17.3 Å². The van der Waals surface area contributed by atoms with Gasteiger partial charge >= 0.3 is 0 Å². The molecule has 1 aromatic carbocycles. The Balaban J connectivity index is 2.78. The van der Waals surface area contributed by atoms with Crippen LogP contribution in [-0.4, -0.2) is 47.1 Å². The highest BCUT2D eigenvalue weighted by Gasteiger charge is 2.14. The third-order valence-corrected chi connectivity index (χ3v) is 3.53. The molecule has 1 unspecified atom stereocenters. The van der Waals surface area contributed by atoms with Gasteiger partial charge in [0.15, 0.2) is 0 Å². The Bertz CT molecular complexity index is 401. The van der Waals surface area contributed by atoms with E-state index in [4.69, 9.17) is 21.1 Å². The predicted octanol–water partition coefficient (Wildman–Crippen LogP) is 2.55. The maximum Gasteiger partial charge on any atom is 0.0663 e. The first-order valence-corrected chi connectivity index (χ1v) is 7.17. The first-order chi connectivity index (χ1) is 9.60. The number of benzene rings is 1. The molecule has 1 atom stereocenters. The van der Waals surface area contributed by atoms with Gasteiger partial charge in [0.05, 0.1) is 13.2 Å². The van der Waals surface area contributed by atoms with Crippen LogP contribution in [0.2, 0.25) is 5.02 Å². The molecule has 0 fully saturated rings. The first-order valence-electron chi connectivity index (χ1n) is 6.80. The van der Waals surface area contributed by atoms with E-state index < -0.39 is 0 Å². The molecule has 20 heavy (non-hydrogen) atoms. The number of likely N-dealkylation sites (N-methyl/N-ethyl adjacent to an activating group) is 1. The van der Waals surface area contributed by atoms with Crippen LogP contribution in [0.3, 0.4) is 0 Å². The zero-order valence-electron chi connectivity index (χ0n) is 12.8. The quantitative estimate of drug-likeness (QED) is 0.711. The number of ether oxygens (including phenoxy) is 2. The van der Waals surface area contributed by atoms with Gasteiger partial charge in [0.1, 0.15) is 0 Å². The van der Waals surface area contributed by atoms with Gasteiger partial charge in [0, 0.05) is 51.1 Å². The molecular formula is C15H25ClN2O2. The van der Waals surface area contributed by atoms with E-state index in [1.807, 2.05) is 12.1 Å². The molecule has 1 rings (SSSR count). The van der Waals surface area contributed by atoms with Gasteiger partial charge in [-0.15, -0.1) is 0 Å². The highest BCUT2D eigenvalue weighted by molar-refractivity contribution is 6.30. The Hall–Kier alpha value is -0.810. The van der Waals surface area contributed by atoms with Gasteiger partial charge < -0.3 is 19.7 Å². The highest BCUT2D eigenvalue weighted by Crippen LogP contribution is 2.25. The summed E-state index contributed by atoms with van der Waals surface area (Å²) >= 11 is 6.13. The fourth-order valence-corrected chi connectivity index (χ4v) is 2.17. The number of hydrogen-bond donors (Lipinski definition) is 1. The second-order valence-electron chi connectivity index (χ2n) is 4.86. The van der Waals surface area contributed by atoms with Crippen molar-refractivity contribution in [1.29, 1.82) is 0 Å². The third-order valence-electron chi connectivity index (χ3n) is 3.29. The lowest BCUT2D eigenvalue weighted by molar-refractivity contribution is 0.183. The van der Waals surface area contributed by atoms with E-state index >= 15 is 0 Å². The average molecular weight is 301 g/mol. The molecule has 114 valence electrons. The largest absolute Gasteiger partial charge is 0.383 e. The molecule has 0 bridgehead atoms. The van der Waals surface area contributed by atoms with E-state index in [0.717, 1.165) is 23.8 Å². The van der Waals surface area contributed by atoms with E-state index in [0.29, 0.717) is 13.2 Å². The zero-order chi connectivity index (χ0) is 15.0. The van der Waals surface area contributed by atoms with Crippen LogP contribution in [0.5, 0.6) is 0 Å². The second-order valence-corrected chi connectivity index (χ2v) is 5.29. The Morgan fingerprint density at radius 1 is 1.30 bits per heavy atom. The lowest BCUT2D eigenvalue weighted by Crippen LogP contribution is -2.33. The second kappa shape index (κ2) is 9.19. The lowest BCUT2D eigenvalue weighted by atomic mass is 10.1. The van der Waals surface area contributed by atoms with Crippen LogP contribution in [0.15, 0.2) is 18.2 Å². The van der Waals surface area contributed by atoms with Crippen LogP contribution < -0.4 is 10.2 Å². The Morgan fingerprint density at radius 2 is 2.05 bits per heavy atom. The van der Waals surface area contributed by atoms with Crippen molar-refractivity contribution in [1.82, 2.24) is 5.32 Å². The molecular weight excluding hydrogens is 276 g/mol. The summed E-state index contributed by atoms with van der Waals surface area (Å²) in [7, 11) is 5.49. The van der Waals surface area contributed by atoms with Gasteiger partial charge in [-0.2, -0.15) is 0 Å². The molecule has 0 saturated carbocycles. The Labute approximate surface area is 127 Å². The lowest BCUT2D eigenvalue weighted by Gasteiger charge is -2.29. The maximum absolute atomic E-state index is 6.13. The average Bonchev–Trinajstić information content (AvgIpc) is 2.44. The molecule has 0 aliphatic carbocycles. The summed E-state index contributed by atoms with van der Waals surface area (Å²) in [6.07, 6.45) is 0. The smallest absolute Gasteiger partial charge is 0.0663 e. The van der Waals surface area contributed by atoms with Crippen molar-refractivity contribution in [3.05, 3.63) is 28.8 Å². The molecule has 0 radical (unpaired) electrons. The molecule has 0 saturated heterocycles. The summed E-state index contributed by atoms with van der Waals surface area (Å²) in [4.78, 5) is 2.20. The van der Waals surface area contributed by atoms with Crippen LogP contribution in [0.25, 0.3) is 0 Å². The summed E-state index contributed by atoms with van der Waals surface area (Å²) in [5, 5.41) is 4.11. The van der Waals surface area contributed by atoms with Gasteiger partial charge in [0.25, 0.3) is 0 Å². The maximum atomic E-state index is 6.13. The van der Waals surface area contributed by atoms with Crippen molar-refractivity contribution in [2.45, 2.75) is 19.5 Å². The van der Waals surface area contributed by atoms with E-state index in [9.17, 15) is 0 Å². The minimum absolute atomic E-state index is 0.288. The molecule has 0 spiro atoms. The standard InChI is InChI=1S/C15H25ClN2O2/c1-12(11-20-4)18(2)15-9-14(16)6-5-13(15)10-17-7-8-19-3/h5-6,9,12,17H,7-8,10-11H2,1-4H3. The molecule has 0 aromatic heterocycles. The molecule has 4 nitrogen and oxygen atoms in total. The summed E-state index contributed by atoms with van der Waals surface area (Å²) in [5.41, 5.74) is 2.35.